The number of nitrogens with one attached hydrogen (secondary N) is 2. The van der Waals surface area contributed by atoms with Crippen molar-refractivity contribution in [3.63, 3.8) is 0 Å². The summed E-state index contributed by atoms with van der Waals surface area (Å²) < 4.78 is 5.32. The highest BCUT2D eigenvalue weighted by molar-refractivity contribution is 5.67. The number of alkyl carbamates (subject to hydrolysis) is 1. The van der Waals surface area contributed by atoms with Gasteiger partial charge in [-0.05, 0) is 52.0 Å². The summed E-state index contributed by atoms with van der Waals surface area (Å²) >= 11 is 0. The molecule has 4 nitrogen and oxygen atoms in total. The normalized spacial score (nSPS) is 14.3. The molecule has 1 aromatic carbocycles. The van der Waals surface area contributed by atoms with Gasteiger partial charge in [0.05, 0.1) is 0 Å². The smallest absolute Gasteiger partial charge is 0.407 e. The van der Waals surface area contributed by atoms with E-state index >= 15 is 0 Å². The highest BCUT2D eigenvalue weighted by Gasteiger charge is 2.19. The predicted molar refractivity (Wildman–Crippen MR) is 100 cm³/mol. The number of amides is 1. The molecule has 0 aliphatic heterocycles. The molecule has 2 unspecified atom stereocenters. The molecule has 0 saturated heterocycles. The van der Waals surface area contributed by atoms with Crippen molar-refractivity contribution in [3.05, 3.63) is 35.9 Å². The van der Waals surface area contributed by atoms with Crippen molar-refractivity contribution in [3.8, 4) is 0 Å². The van der Waals surface area contributed by atoms with E-state index in [4.69, 9.17) is 4.74 Å². The Morgan fingerprint density at radius 2 is 1.75 bits per heavy atom. The number of hydrogen-bond acceptors (Lipinski definition) is 3. The van der Waals surface area contributed by atoms with Crippen LogP contribution < -0.4 is 10.6 Å². The van der Waals surface area contributed by atoms with Gasteiger partial charge in [-0.1, -0.05) is 44.2 Å². The summed E-state index contributed by atoms with van der Waals surface area (Å²) in [6, 6.07) is 11.0. The molecular formula is C20H34N2O2. The summed E-state index contributed by atoms with van der Waals surface area (Å²) in [7, 11) is 0. The summed E-state index contributed by atoms with van der Waals surface area (Å²) in [5.74, 6) is 0.562. The molecule has 0 bridgehead atoms. The van der Waals surface area contributed by atoms with E-state index in [1.54, 1.807) is 0 Å². The fourth-order valence-corrected chi connectivity index (χ4v) is 2.73. The minimum atomic E-state index is -0.467. The van der Waals surface area contributed by atoms with Crippen LogP contribution >= 0.6 is 0 Å². The largest absolute Gasteiger partial charge is 0.444 e. The van der Waals surface area contributed by atoms with Gasteiger partial charge in [-0.3, -0.25) is 0 Å². The summed E-state index contributed by atoms with van der Waals surface area (Å²) in [4.78, 5) is 11.9. The highest BCUT2D eigenvalue weighted by Crippen LogP contribution is 2.09. The zero-order chi connectivity index (χ0) is 18.2. The Morgan fingerprint density at radius 3 is 2.29 bits per heavy atom. The van der Waals surface area contributed by atoms with Crippen molar-refractivity contribution >= 4 is 6.09 Å². The van der Waals surface area contributed by atoms with Crippen molar-refractivity contribution in [2.24, 2.45) is 5.92 Å². The molecule has 2 N–H and O–H groups in total. The van der Waals surface area contributed by atoms with E-state index in [9.17, 15) is 4.79 Å². The van der Waals surface area contributed by atoms with E-state index in [0.29, 0.717) is 18.5 Å². The number of carbonyl (C=O) groups is 1. The molecule has 24 heavy (non-hydrogen) atoms. The first-order valence-corrected chi connectivity index (χ1v) is 8.92. The Morgan fingerprint density at radius 1 is 1.12 bits per heavy atom. The second-order valence-corrected chi connectivity index (χ2v) is 7.97. The minimum Gasteiger partial charge on any atom is -0.444 e. The van der Waals surface area contributed by atoms with Gasteiger partial charge in [0.2, 0.25) is 0 Å². The average molecular weight is 335 g/mol. The van der Waals surface area contributed by atoms with Gasteiger partial charge in [-0.25, -0.2) is 4.79 Å². The number of benzene rings is 1. The van der Waals surface area contributed by atoms with Crippen molar-refractivity contribution in [1.82, 2.24) is 10.6 Å². The lowest BCUT2D eigenvalue weighted by molar-refractivity contribution is 0.0520. The SMILES string of the molecule is CC(C)CC(CNC(=O)OC(C)(C)C)NC(C)Cc1ccccc1. The van der Waals surface area contributed by atoms with E-state index in [2.05, 4.69) is 55.7 Å². The molecule has 0 radical (unpaired) electrons. The quantitative estimate of drug-likeness (QED) is 0.751. The van der Waals surface area contributed by atoms with Crippen LogP contribution in [0.1, 0.15) is 53.5 Å². The summed E-state index contributed by atoms with van der Waals surface area (Å²) in [6.07, 6.45) is 1.63. The first kappa shape index (κ1) is 20.5. The average Bonchev–Trinajstić information content (AvgIpc) is 2.43. The van der Waals surface area contributed by atoms with Crippen molar-refractivity contribution in [2.75, 3.05) is 6.54 Å². The van der Waals surface area contributed by atoms with Crippen molar-refractivity contribution in [1.29, 1.82) is 0 Å². The Balaban J connectivity index is 2.50. The van der Waals surface area contributed by atoms with Gasteiger partial charge in [0, 0.05) is 18.6 Å². The molecule has 4 heteroatoms. The lowest BCUT2D eigenvalue weighted by Gasteiger charge is -2.26. The molecule has 0 saturated carbocycles. The van der Waals surface area contributed by atoms with E-state index in [-0.39, 0.29) is 12.1 Å². The third-order valence-corrected chi connectivity index (χ3v) is 3.55. The molecular weight excluding hydrogens is 300 g/mol. The molecule has 0 heterocycles. The first-order chi connectivity index (χ1) is 11.2. The van der Waals surface area contributed by atoms with Crippen molar-refractivity contribution < 1.29 is 9.53 Å². The Kier molecular flexibility index (Phi) is 8.26. The van der Waals surface area contributed by atoms with Gasteiger partial charge in [0.15, 0.2) is 0 Å². The molecule has 2 atom stereocenters. The maximum Gasteiger partial charge on any atom is 0.407 e. The highest BCUT2D eigenvalue weighted by atomic mass is 16.6. The van der Waals surface area contributed by atoms with Gasteiger partial charge in [-0.2, -0.15) is 0 Å². The van der Waals surface area contributed by atoms with E-state index < -0.39 is 5.60 Å². The standard InChI is InChI=1S/C20H34N2O2/c1-15(2)12-18(14-21-19(23)24-20(4,5)6)22-16(3)13-17-10-8-7-9-11-17/h7-11,15-16,18,22H,12-14H2,1-6H3,(H,21,23). The third kappa shape index (κ3) is 9.56. The van der Waals surface area contributed by atoms with Crippen LogP contribution in [-0.4, -0.2) is 30.3 Å². The summed E-state index contributed by atoms with van der Waals surface area (Å²) in [5, 5.41) is 6.53. The zero-order valence-electron chi connectivity index (χ0n) is 16.1. The van der Waals surface area contributed by atoms with E-state index in [1.165, 1.54) is 5.56 Å². The molecule has 0 aromatic heterocycles. The Labute approximate surface area is 147 Å². The van der Waals surface area contributed by atoms with Gasteiger partial charge < -0.3 is 15.4 Å². The molecule has 1 rings (SSSR count). The molecule has 1 amide bonds. The summed E-state index contributed by atoms with van der Waals surface area (Å²) in [6.45, 7) is 12.8. The van der Waals surface area contributed by atoms with Crippen molar-refractivity contribution in [2.45, 2.75) is 72.1 Å². The van der Waals surface area contributed by atoms with Crippen LogP contribution in [0.25, 0.3) is 0 Å². The Hall–Kier alpha value is -1.55. The summed E-state index contributed by atoms with van der Waals surface area (Å²) in [5.41, 5.74) is 0.854. The molecule has 0 spiro atoms. The van der Waals surface area contributed by atoms with Crippen LogP contribution in [0, 0.1) is 5.92 Å². The topological polar surface area (TPSA) is 50.4 Å². The maximum absolute atomic E-state index is 11.9. The fraction of sp³-hybridized carbons (Fsp3) is 0.650. The van der Waals surface area contributed by atoms with Crippen LogP contribution in [-0.2, 0) is 11.2 Å². The number of carbonyl (C=O) groups excluding carboxylic acids is 1. The predicted octanol–water partition coefficient (Wildman–Crippen LogP) is 4.15. The molecule has 0 aliphatic carbocycles. The van der Waals surface area contributed by atoms with Gasteiger partial charge >= 0.3 is 6.09 Å². The first-order valence-electron chi connectivity index (χ1n) is 8.92. The molecule has 136 valence electrons. The lowest BCUT2D eigenvalue weighted by Crippen LogP contribution is -2.46. The molecule has 0 aliphatic rings. The molecule has 0 fully saturated rings. The minimum absolute atomic E-state index is 0.233. The third-order valence-electron chi connectivity index (χ3n) is 3.55. The second-order valence-electron chi connectivity index (χ2n) is 7.97. The Bertz CT molecular complexity index is 480. The van der Waals surface area contributed by atoms with Crippen LogP contribution in [0.4, 0.5) is 4.79 Å². The maximum atomic E-state index is 11.9. The van der Waals surface area contributed by atoms with Gasteiger partial charge in [-0.15, -0.1) is 0 Å². The second kappa shape index (κ2) is 9.67. The zero-order valence-corrected chi connectivity index (χ0v) is 16.1. The fourth-order valence-electron chi connectivity index (χ4n) is 2.73. The van der Waals surface area contributed by atoms with Crippen LogP contribution in [0.15, 0.2) is 30.3 Å². The number of hydrogen-bond donors (Lipinski definition) is 2. The monoisotopic (exact) mass is 334 g/mol. The number of rotatable bonds is 8. The van der Waals surface area contributed by atoms with E-state index in [1.807, 2.05) is 26.8 Å². The number of ether oxygens (including phenoxy) is 1. The van der Waals surface area contributed by atoms with Crippen LogP contribution in [0.2, 0.25) is 0 Å². The van der Waals surface area contributed by atoms with Crippen LogP contribution in [0.5, 0.6) is 0 Å². The molecule has 1 aromatic rings. The van der Waals surface area contributed by atoms with Gasteiger partial charge in [0.1, 0.15) is 5.60 Å². The van der Waals surface area contributed by atoms with Crippen LogP contribution in [0.3, 0.4) is 0 Å². The lowest BCUT2D eigenvalue weighted by atomic mass is 10.0. The van der Waals surface area contributed by atoms with E-state index in [0.717, 1.165) is 12.8 Å². The van der Waals surface area contributed by atoms with Gasteiger partial charge in [0.25, 0.3) is 0 Å².